The smallest absolute Gasteiger partial charge is 0.411 e. The second-order valence-electron chi connectivity index (χ2n) is 11.4. The average molecular weight is 697 g/mol. The maximum atomic E-state index is 15.5. The van der Waals surface area contributed by atoms with Crippen LogP contribution in [0.3, 0.4) is 0 Å². The second kappa shape index (κ2) is 14.1. The van der Waals surface area contributed by atoms with Crippen molar-refractivity contribution in [3.63, 3.8) is 0 Å². The molecule has 1 fully saturated rings. The lowest BCUT2D eigenvalue weighted by Gasteiger charge is -2.38. The molecule has 1 amide bonds. The number of ether oxygens (including phenoxy) is 2. The predicted octanol–water partition coefficient (Wildman–Crippen LogP) is 3.79. The van der Waals surface area contributed by atoms with Crippen LogP contribution in [0.4, 0.5) is 28.9 Å². The van der Waals surface area contributed by atoms with Gasteiger partial charge in [0.2, 0.25) is 0 Å². The topological polar surface area (TPSA) is 137 Å². The Morgan fingerprint density at radius 1 is 1.24 bits per heavy atom. The van der Waals surface area contributed by atoms with Crippen LogP contribution in [0.15, 0.2) is 63.9 Å². The van der Waals surface area contributed by atoms with E-state index in [0.29, 0.717) is 11.1 Å². The van der Waals surface area contributed by atoms with Crippen LogP contribution in [0.2, 0.25) is 0 Å². The summed E-state index contributed by atoms with van der Waals surface area (Å²) in [6.07, 6.45) is -0.694. The summed E-state index contributed by atoms with van der Waals surface area (Å²) in [7, 11) is 2.57. The number of hydrogen-bond donors (Lipinski definition) is 1. The van der Waals surface area contributed by atoms with Gasteiger partial charge in [-0.3, -0.25) is 24.1 Å². The Morgan fingerprint density at radius 3 is 2.62 bits per heavy atom. The number of aryl methyl sites for hydroxylation is 2. The molecule has 2 atom stereocenters. The number of aromatic nitrogens is 3. The van der Waals surface area contributed by atoms with E-state index in [-0.39, 0.29) is 53.1 Å². The minimum Gasteiger partial charge on any atom is -0.467 e. The van der Waals surface area contributed by atoms with Gasteiger partial charge in [-0.05, 0) is 49.0 Å². The normalized spacial score (nSPS) is 15.4. The first-order chi connectivity index (χ1) is 23.7. The lowest BCUT2D eigenvalue weighted by Crippen LogP contribution is -2.53. The number of anilines is 1. The average Bonchev–Trinajstić information content (AvgIpc) is 3.09. The largest absolute Gasteiger partial charge is 0.467 e. The number of halogens is 4. The van der Waals surface area contributed by atoms with Gasteiger partial charge in [-0.1, -0.05) is 18.7 Å². The minimum absolute atomic E-state index is 0.000420. The minimum atomic E-state index is -4.64. The van der Waals surface area contributed by atoms with E-state index in [1.54, 1.807) is 0 Å². The van der Waals surface area contributed by atoms with Gasteiger partial charge in [0, 0.05) is 37.5 Å². The Balaban J connectivity index is 1.49. The molecular formula is C34H32F4N6O6. The Bertz CT molecular complexity index is 2120. The molecule has 1 aliphatic heterocycles. The standard InChI is InChI=1S/C34H32F4N6O6/c1-6-21-19(7-8-25(29(21)39-3)44-31(46)22-9-10-40-16-26(22)42(4)33(44)48)14-24(32(47)49-5)41-30(45)28-18(2)13-20(15-23(28)35)43-11-12-50-17-27(43)34(36,37)38/h6-10,13,15-16,24,27H,1,3,11-12,14,17H2,2,4-5H3,(H,41,45). The molecule has 3 heterocycles. The number of rotatable bonds is 9. The molecule has 2 aromatic carbocycles. The summed E-state index contributed by atoms with van der Waals surface area (Å²) in [5, 5.41) is 2.68. The molecule has 2 unspecified atom stereocenters. The van der Waals surface area contributed by atoms with Crippen LogP contribution in [0.5, 0.6) is 0 Å². The molecule has 50 heavy (non-hydrogen) atoms. The molecule has 1 N–H and O–H groups in total. The molecule has 1 saturated heterocycles. The third-order valence-corrected chi connectivity index (χ3v) is 8.51. The van der Waals surface area contributed by atoms with Crippen LogP contribution in [-0.4, -0.2) is 77.8 Å². The Morgan fingerprint density at radius 2 is 1.98 bits per heavy atom. The highest BCUT2D eigenvalue weighted by molar-refractivity contribution is 5.99. The van der Waals surface area contributed by atoms with E-state index in [0.717, 1.165) is 22.6 Å². The molecule has 262 valence electrons. The number of carbonyl (C=O) groups is 2. The Hall–Kier alpha value is -5.64. The highest BCUT2D eigenvalue weighted by Gasteiger charge is 2.45. The molecule has 12 nitrogen and oxygen atoms in total. The van der Waals surface area contributed by atoms with Crippen LogP contribution < -0.4 is 21.5 Å². The third-order valence-electron chi connectivity index (χ3n) is 8.51. The first-order valence-corrected chi connectivity index (χ1v) is 15.1. The van der Waals surface area contributed by atoms with Gasteiger partial charge in [-0.25, -0.2) is 18.5 Å². The van der Waals surface area contributed by atoms with Crippen molar-refractivity contribution in [3.05, 3.63) is 98.2 Å². The van der Waals surface area contributed by atoms with Crippen LogP contribution in [-0.2, 0) is 27.7 Å². The number of carbonyl (C=O) groups excluding carboxylic acids is 2. The van der Waals surface area contributed by atoms with Crippen LogP contribution in [0.1, 0.15) is 27.0 Å². The fourth-order valence-electron chi connectivity index (χ4n) is 6.05. The quantitative estimate of drug-likeness (QED) is 0.159. The van der Waals surface area contributed by atoms with Crippen molar-refractivity contribution in [1.82, 2.24) is 19.4 Å². The lowest BCUT2D eigenvalue weighted by molar-refractivity contribution is -0.167. The second-order valence-corrected chi connectivity index (χ2v) is 11.4. The van der Waals surface area contributed by atoms with Crippen molar-refractivity contribution in [2.75, 3.05) is 31.8 Å². The monoisotopic (exact) mass is 696 g/mol. The number of fused-ring (bicyclic) bond motifs is 1. The molecule has 0 bridgehead atoms. The number of hydrogen-bond acceptors (Lipinski definition) is 9. The number of nitrogens with one attached hydrogen (secondary N) is 1. The number of nitrogens with zero attached hydrogens (tertiary/aromatic N) is 5. The van der Waals surface area contributed by atoms with Crippen molar-refractivity contribution in [2.24, 2.45) is 12.0 Å². The highest BCUT2D eigenvalue weighted by atomic mass is 19.4. The number of esters is 1. The summed E-state index contributed by atoms with van der Waals surface area (Å²) in [6.45, 7) is 8.01. The van der Waals surface area contributed by atoms with Gasteiger partial charge in [-0.15, -0.1) is 0 Å². The molecule has 0 spiro atoms. The fraction of sp³-hybridized carbons (Fsp3) is 0.294. The van der Waals surface area contributed by atoms with Crippen LogP contribution in [0, 0.1) is 12.7 Å². The Labute approximate surface area is 282 Å². The first kappa shape index (κ1) is 35.7. The van der Waals surface area contributed by atoms with Gasteiger partial charge in [0.05, 0.1) is 54.4 Å². The summed E-state index contributed by atoms with van der Waals surface area (Å²) in [6, 6.07) is 3.12. The number of methoxy groups -OCH3 is 1. The molecule has 2 aromatic heterocycles. The van der Waals surface area contributed by atoms with Crippen molar-refractivity contribution in [2.45, 2.75) is 31.6 Å². The first-order valence-electron chi connectivity index (χ1n) is 15.1. The SMILES string of the molecule is C=Cc1c(CC(NC(=O)c2c(C)cc(N3CCOCC3C(F)(F)F)cc2F)C(=O)OC)ccc(-n2c(=O)c3ccncc3n(C)c2=O)c1N=C. The molecular weight excluding hydrogens is 664 g/mol. The van der Waals surface area contributed by atoms with E-state index in [9.17, 15) is 32.3 Å². The predicted molar refractivity (Wildman–Crippen MR) is 178 cm³/mol. The van der Waals surface area contributed by atoms with Crippen LogP contribution >= 0.6 is 0 Å². The molecule has 0 radical (unpaired) electrons. The van der Waals surface area contributed by atoms with Crippen molar-refractivity contribution in [3.8, 4) is 5.69 Å². The third kappa shape index (κ3) is 6.53. The summed E-state index contributed by atoms with van der Waals surface area (Å²) < 4.78 is 68.6. The zero-order valence-electron chi connectivity index (χ0n) is 27.2. The molecule has 1 aliphatic rings. The van der Waals surface area contributed by atoms with Gasteiger partial charge in [0.15, 0.2) is 0 Å². The maximum Gasteiger partial charge on any atom is 0.411 e. The van der Waals surface area contributed by atoms with Gasteiger partial charge in [0.1, 0.15) is 17.9 Å². The number of morpholine rings is 1. The Kier molecular flexibility index (Phi) is 10.0. The van der Waals surface area contributed by atoms with Crippen LogP contribution in [0.25, 0.3) is 22.7 Å². The summed E-state index contributed by atoms with van der Waals surface area (Å²) in [4.78, 5) is 62.2. The molecule has 0 saturated carbocycles. The van der Waals surface area contributed by atoms with E-state index >= 15 is 4.39 Å². The van der Waals surface area contributed by atoms with E-state index in [4.69, 9.17) is 9.47 Å². The number of aliphatic imine (C=N–C) groups is 1. The zero-order valence-corrected chi connectivity index (χ0v) is 27.2. The summed E-state index contributed by atoms with van der Waals surface area (Å²) in [5.41, 5.74) is -0.727. The fourth-order valence-corrected chi connectivity index (χ4v) is 6.05. The highest BCUT2D eigenvalue weighted by Crippen LogP contribution is 2.34. The van der Waals surface area contributed by atoms with Gasteiger partial charge >= 0.3 is 17.8 Å². The number of amides is 1. The van der Waals surface area contributed by atoms with Gasteiger partial charge in [-0.2, -0.15) is 13.2 Å². The van der Waals surface area contributed by atoms with E-state index in [1.807, 2.05) is 0 Å². The van der Waals surface area contributed by atoms with Crippen molar-refractivity contribution in [1.29, 1.82) is 0 Å². The zero-order chi connectivity index (χ0) is 36.5. The molecule has 5 rings (SSSR count). The number of pyridine rings is 1. The summed E-state index contributed by atoms with van der Waals surface area (Å²) >= 11 is 0. The lowest BCUT2D eigenvalue weighted by atomic mass is 9.96. The maximum absolute atomic E-state index is 15.5. The van der Waals surface area contributed by atoms with Crippen molar-refractivity contribution < 1.29 is 36.6 Å². The van der Waals surface area contributed by atoms with Crippen molar-refractivity contribution >= 4 is 46.9 Å². The molecule has 0 aliphatic carbocycles. The molecule has 16 heteroatoms. The van der Waals surface area contributed by atoms with E-state index in [1.165, 1.54) is 61.3 Å². The number of benzene rings is 2. The summed E-state index contributed by atoms with van der Waals surface area (Å²) in [5.74, 6) is -3.01. The molecule has 4 aromatic rings. The van der Waals surface area contributed by atoms with Gasteiger partial charge in [0.25, 0.3) is 11.5 Å². The van der Waals surface area contributed by atoms with E-state index < -0.39 is 59.4 Å². The number of alkyl halides is 3. The van der Waals surface area contributed by atoms with Gasteiger partial charge < -0.3 is 19.7 Å². The van der Waals surface area contributed by atoms with E-state index in [2.05, 4.69) is 28.6 Å².